The minimum absolute atomic E-state index is 0.0400. The van der Waals surface area contributed by atoms with Crippen molar-refractivity contribution in [1.29, 1.82) is 5.26 Å². The van der Waals surface area contributed by atoms with E-state index in [-0.39, 0.29) is 5.41 Å². The molecule has 0 aromatic carbocycles. The van der Waals surface area contributed by atoms with Crippen molar-refractivity contribution in [2.24, 2.45) is 23.2 Å². The van der Waals surface area contributed by atoms with Crippen LogP contribution in [0, 0.1) is 34.5 Å². The molecule has 0 aromatic heterocycles. The maximum Gasteiger partial charge on any atom is 0.0689 e. The molecule has 0 aliphatic heterocycles. The summed E-state index contributed by atoms with van der Waals surface area (Å²) in [5, 5.41) is 9.82. The van der Waals surface area contributed by atoms with Crippen molar-refractivity contribution in [1.82, 2.24) is 0 Å². The average Bonchev–Trinajstić information content (AvgIpc) is 2.56. The van der Waals surface area contributed by atoms with Gasteiger partial charge in [-0.25, -0.2) is 0 Å². The first-order valence-corrected chi connectivity index (χ1v) is 10.1. The Labute approximate surface area is 138 Å². The fraction of sp³-hybridized carbons (Fsp3) is 0.952. The van der Waals surface area contributed by atoms with Crippen molar-refractivity contribution < 1.29 is 0 Å². The van der Waals surface area contributed by atoms with Gasteiger partial charge in [-0.05, 0) is 49.9 Å². The summed E-state index contributed by atoms with van der Waals surface area (Å²) >= 11 is 0. The third kappa shape index (κ3) is 4.74. The van der Waals surface area contributed by atoms with E-state index in [2.05, 4.69) is 19.9 Å². The highest BCUT2D eigenvalue weighted by molar-refractivity contribution is 5.03. The van der Waals surface area contributed by atoms with E-state index in [0.29, 0.717) is 0 Å². The highest BCUT2D eigenvalue weighted by Crippen LogP contribution is 2.48. The molecule has 0 bridgehead atoms. The van der Waals surface area contributed by atoms with E-state index < -0.39 is 0 Å². The van der Waals surface area contributed by atoms with E-state index in [9.17, 15) is 5.26 Å². The second-order valence-corrected chi connectivity index (χ2v) is 8.28. The molecule has 0 radical (unpaired) electrons. The van der Waals surface area contributed by atoms with Crippen molar-refractivity contribution >= 4 is 0 Å². The Hall–Kier alpha value is -0.510. The maximum absolute atomic E-state index is 9.82. The van der Waals surface area contributed by atoms with Gasteiger partial charge in [-0.3, -0.25) is 0 Å². The van der Waals surface area contributed by atoms with E-state index in [1.54, 1.807) is 0 Å². The molecule has 126 valence electrons. The van der Waals surface area contributed by atoms with Crippen molar-refractivity contribution in [3.63, 3.8) is 0 Å². The van der Waals surface area contributed by atoms with Gasteiger partial charge in [0, 0.05) is 0 Å². The Morgan fingerprint density at radius 2 is 1.73 bits per heavy atom. The summed E-state index contributed by atoms with van der Waals surface area (Å²) in [5.41, 5.74) is 0.0400. The van der Waals surface area contributed by atoms with E-state index in [1.165, 1.54) is 89.9 Å². The van der Waals surface area contributed by atoms with Gasteiger partial charge in [0.2, 0.25) is 0 Å². The number of rotatable bonds is 7. The standard InChI is InChI=1S/C21H37N/c1-3-5-6-14-21(17-22)15-7-9-20(16-21)19-12-10-18(8-4-2)11-13-19/h18-20H,3-16H2,1-2H3/t18-,19-,20?,21?. The molecule has 0 aromatic rings. The average molecular weight is 304 g/mol. The molecule has 2 rings (SSSR count). The second kappa shape index (κ2) is 8.95. The number of unbranched alkanes of at least 4 members (excludes halogenated alkanes) is 2. The molecule has 1 nitrogen and oxygen atoms in total. The van der Waals surface area contributed by atoms with Gasteiger partial charge in [0.1, 0.15) is 0 Å². The van der Waals surface area contributed by atoms with Crippen molar-refractivity contribution in [2.45, 2.75) is 104 Å². The molecule has 2 aliphatic carbocycles. The number of hydrogen-bond donors (Lipinski definition) is 0. The molecule has 0 heterocycles. The lowest BCUT2D eigenvalue weighted by Crippen LogP contribution is -2.32. The van der Waals surface area contributed by atoms with Crippen LogP contribution >= 0.6 is 0 Å². The van der Waals surface area contributed by atoms with Gasteiger partial charge >= 0.3 is 0 Å². The normalized spacial score (nSPS) is 36.0. The Balaban J connectivity index is 1.86. The van der Waals surface area contributed by atoms with Crippen molar-refractivity contribution in [2.75, 3.05) is 0 Å². The Morgan fingerprint density at radius 3 is 2.36 bits per heavy atom. The fourth-order valence-electron chi connectivity index (χ4n) is 5.27. The molecular weight excluding hydrogens is 266 g/mol. The molecule has 2 unspecified atom stereocenters. The molecule has 0 amide bonds. The lowest BCUT2D eigenvalue weighted by atomic mass is 9.62. The van der Waals surface area contributed by atoms with Gasteiger partial charge in [-0.2, -0.15) is 5.26 Å². The summed E-state index contributed by atoms with van der Waals surface area (Å²) in [5.74, 6) is 2.81. The van der Waals surface area contributed by atoms with Crippen molar-refractivity contribution in [3.8, 4) is 6.07 Å². The van der Waals surface area contributed by atoms with Crippen LogP contribution in [-0.4, -0.2) is 0 Å². The van der Waals surface area contributed by atoms with Crippen LogP contribution in [0.3, 0.4) is 0 Å². The van der Waals surface area contributed by atoms with Crippen LogP contribution in [0.5, 0.6) is 0 Å². The van der Waals surface area contributed by atoms with Crippen LogP contribution in [0.1, 0.15) is 104 Å². The number of nitrogens with zero attached hydrogens (tertiary/aromatic N) is 1. The largest absolute Gasteiger partial charge is 0.198 e. The number of nitriles is 1. The Morgan fingerprint density at radius 1 is 0.955 bits per heavy atom. The predicted octanol–water partition coefficient (Wildman–Crippen LogP) is 6.87. The van der Waals surface area contributed by atoms with Crippen LogP contribution in [-0.2, 0) is 0 Å². The van der Waals surface area contributed by atoms with Gasteiger partial charge in [-0.15, -0.1) is 0 Å². The summed E-state index contributed by atoms with van der Waals surface area (Å²) in [4.78, 5) is 0. The third-order valence-corrected chi connectivity index (χ3v) is 6.63. The zero-order chi connectivity index (χ0) is 15.8. The van der Waals surface area contributed by atoms with E-state index >= 15 is 0 Å². The first-order chi connectivity index (χ1) is 10.7. The summed E-state index contributed by atoms with van der Waals surface area (Å²) in [6.07, 6.45) is 18.7. The first kappa shape index (κ1) is 17.8. The van der Waals surface area contributed by atoms with Gasteiger partial charge in [0.15, 0.2) is 0 Å². The highest BCUT2D eigenvalue weighted by atomic mass is 14.5. The Bertz CT molecular complexity index is 347. The monoisotopic (exact) mass is 303 g/mol. The van der Waals surface area contributed by atoms with Gasteiger partial charge in [0.25, 0.3) is 0 Å². The van der Waals surface area contributed by atoms with Gasteiger partial charge in [-0.1, -0.05) is 71.6 Å². The van der Waals surface area contributed by atoms with Crippen LogP contribution < -0.4 is 0 Å². The molecule has 2 atom stereocenters. The highest BCUT2D eigenvalue weighted by Gasteiger charge is 2.39. The van der Waals surface area contributed by atoms with E-state index in [0.717, 1.165) is 17.8 Å². The molecule has 22 heavy (non-hydrogen) atoms. The maximum atomic E-state index is 9.82. The zero-order valence-electron chi connectivity index (χ0n) is 15.1. The summed E-state index contributed by atoms with van der Waals surface area (Å²) in [6, 6.07) is 2.77. The summed E-state index contributed by atoms with van der Waals surface area (Å²) in [7, 11) is 0. The minimum atomic E-state index is 0.0400. The van der Waals surface area contributed by atoms with Crippen molar-refractivity contribution in [3.05, 3.63) is 0 Å². The molecule has 0 N–H and O–H groups in total. The summed E-state index contributed by atoms with van der Waals surface area (Å²) in [6.45, 7) is 4.59. The molecule has 1 heteroatoms. The summed E-state index contributed by atoms with van der Waals surface area (Å²) < 4.78 is 0. The molecule has 2 saturated carbocycles. The zero-order valence-corrected chi connectivity index (χ0v) is 15.1. The van der Waals surface area contributed by atoms with E-state index in [1.807, 2.05) is 0 Å². The third-order valence-electron chi connectivity index (χ3n) is 6.63. The molecule has 0 saturated heterocycles. The lowest BCUT2D eigenvalue weighted by molar-refractivity contribution is 0.103. The van der Waals surface area contributed by atoms with Gasteiger partial charge < -0.3 is 0 Å². The molecular formula is C21H37N. The lowest BCUT2D eigenvalue weighted by Gasteiger charge is -2.42. The van der Waals surface area contributed by atoms with Crippen LogP contribution in [0.2, 0.25) is 0 Å². The molecule has 2 fully saturated rings. The van der Waals surface area contributed by atoms with E-state index in [4.69, 9.17) is 0 Å². The first-order valence-electron chi connectivity index (χ1n) is 10.1. The van der Waals surface area contributed by atoms with Gasteiger partial charge in [0.05, 0.1) is 11.5 Å². The number of hydrogen-bond acceptors (Lipinski definition) is 1. The second-order valence-electron chi connectivity index (χ2n) is 8.28. The minimum Gasteiger partial charge on any atom is -0.198 e. The molecule has 0 spiro atoms. The Kier molecular flexibility index (Phi) is 7.26. The topological polar surface area (TPSA) is 23.8 Å². The smallest absolute Gasteiger partial charge is 0.0689 e. The SMILES string of the molecule is CCCCCC1(C#N)CCCC([C@H]2CC[C@H](CCC)CC2)C1. The van der Waals surface area contributed by atoms with Crippen LogP contribution in [0.25, 0.3) is 0 Å². The predicted molar refractivity (Wildman–Crippen MR) is 94.5 cm³/mol. The molecule has 2 aliphatic rings. The van der Waals surface area contributed by atoms with Crippen LogP contribution in [0.15, 0.2) is 0 Å². The quantitative estimate of drug-likeness (QED) is 0.470. The van der Waals surface area contributed by atoms with Crippen LogP contribution in [0.4, 0.5) is 0 Å². The fourth-order valence-corrected chi connectivity index (χ4v) is 5.27.